The third kappa shape index (κ3) is 4.93. The maximum Gasteiger partial charge on any atom is 0.410 e. The number of rotatable bonds is 3. The molecule has 1 heterocycles. The number of nitrogens with zero attached hydrogens (tertiary/aromatic N) is 1. The Labute approximate surface area is 139 Å². The molecule has 2 rings (SSSR count). The summed E-state index contributed by atoms with van der Waals surface area (Å²) in [6.07, 6.45) is 4.47. The molecule has 0 aromatic heterocycles. The Hall–Kier alpha value is -1.10. The molecule has 0 aromatic carbocycles. The Morgan fingerprint density at radius 3 is 2.78 bits per heavy atom. The molecule has 5 heteroatoms. The van der Waals surface area contributed by atoms with E-state index in [1.807, 2.05) is 20.8 Å². The lowest BCUT2D eigenvalue weighted by Gasteiger charge is -2.42. The van der Waals surface area contributed by atoms with Crippen molar-refractivity contribution in [3.8, 4) is 0 Å². The van der Waals surface area contributed by atoms with Crippen molar-refractivity contribution in [1.82, 2.24) is 4.90 Å². The van der Waals surface area contributed by atoms with Gasteiger partial charge in [-0.25, -0.2) is 4.79 Å². The van der Waals surface area contributed by atoms with E-state index in [0.29, 0.717) is 32.1 Å². The van der Waals surface area contributed by atoms with Crippen LogP contribution in [0.15, 0.2) is 0 Å². The molecular weight excluding hydrogens is 294 g/mol. The van der Waals surface area contributed by atoms with Gasteiger partial charge in [-0.3, -0.25) is 9.69 Å². The molecule has 23 heavy (non-hydrogen) atoms. The molecule has 1 saturated heterocycles. The van der Waals surface area contributed by atoms with Crippen LogP contribution >= 0.6 is 0 Å². The fraction of sp³-hybridized carbons (Fsp3) is 0.889. The first-order valence-corrected chi connectivity index (χ1v) is 8.92. The highest BCUT2D eigenvalue weighted by Gasteiger charge is 2.41. The number of carbonyl (C=O) groups is 2. The van der Waals surface area contributed by atoms with Crippen LogP contribution in [0.25, 0.3) is 0 Å². The third-order valence-corrected chi connectivity index (χ3v) is 4.75. The zero-order valence-electron chi connectivity index (χ0n) is 15.0. The molecule has 5 nitrogen and oxygen atoms in total. The number of carbonyl (C=O) groups excluding carboxylic acids is 2. The second kappa shape index (κ2) is 7.65. The van der Waals surface area contributed by atoms with Crippen molar-refractivity contribution in [3.63, 3.8) is 0 Å². The predicted molar refractivity (Wildman–Crippen MR) is 88.3 cm³/mol. The van der Waals surface area contributed by atoms with E-state index in [1.54, 1.807) is 4.90 Å². The molecule has 1 aliphatic heterocycles. The molecular formula is C18H31NO4. The van der Waals surface area contributed by atoms with Crippen molar-refractivity contribution in [3.05, 3.63) is 0 Å². The lowest BCUT2D eigenvalue weighted by Crippen LogP contribution is -2.55. The number of morpholine rings is 1. The van der Waals surface area contributed by atoms with Gasteiger partial charge in [-0.1, -0.05) is 19.8 Å². The van der Waals surface area contributed by atoms with Crippen molar-refractivity contribution in [2.45, 2.75) is 71.4 Å². The molecule has 3 unspecified atom stereocenters. The van der Waals surface area contributed by atoms with Gasteiger partial charge in [0.05, 0.1) is 19.3 Å². The summed E-state index contributed by atoms with van der Waals surface area (Å²) in [5.41, 5.74) is -0.527. The number of hydrogen-bond acceptors (Lipinski definition) is 4. The van der Waals surface area contributed by atoms with Crippen molar-refractivity contribution in [1.29, 1.82) is 0 Å². The van der Waals surface area contributed by atoms with Gasteiger partial charge in [0.15, 0.2) is 0 Å². The standard InChI is InChI=1S/C18H31NO4/c1-5-6-13-7-8-16(20)14(11-13)15-12-22-10-9-19(15)17(21)23-18(2,3)4/h13-15H,5-12H2,1-4H3. The van der Waals surface area contributed by atoms with Crippen LogP contribution in [0.5, 0.6) is 0 Å². The smallest absolute Gasteiger partial charge is 0.410 e. The normalized spacial score (nSPS) is 29.5. The minimum Gasteiger partial charge on any atom is -0.444 e. The quantitative estimate of drug-likeness (QED) is 0.798. The first kappa shape index (κ1) is 18.2. The number of ketones is 1. The largest absolute Gasteiger partial charge is 0.444 e. The van der Waals surface area contributed by atoms with Gasteiger partial charge in [-0.05, 0) is 39.5 Å². The molecule has 0 radical (unpaired) electrons. The summed E-state index contributed by atoms with van der Waals surface area (Å²) in [6, 6.07) is -0.175. The first-order chi connectivity index (χ1) is 10.8. The highest BCUT2D eigenvalue weighted by Crippen LogP contribution is 2.34. The monoisotopic (exact) mass is 325 g/mol. The average Bonchev–Trinajstić information content (AvgIpc) is 2.48. The van der Waals surface area contributed by atoms with Gasteiger partial charge in [0.1, 0.15) is 11.4 Å². The highest BCUT2D eigenvalue weighted by atomic mass is 16.6. The van der Waals surface area contributed by atoms with E-state index in [-0.39, 0.29) is 23.8 Å². The fourth-order valence-electron chi connectivity index (χ4n) is 3.69. The Bertz CT molecular complexity index is 429. The zero-order chi connectivity index (χ0) is 17.0. The Morgan fingerprint density at radius 2 is 2.13 bits per heavy atom. The molecule has 3 atom stereocenters. The van der Waals surface area contributed by atoms with Crippen molar-refractivity contribution < 1.29 is 19.1 Å². The summed E-state index contributed by atoms with van der Waals surface area (Å²) in [5.74, 6) is 0.764. The van der Waals surface area contributed by atoms with Gasteiger partial charge in [-0.15, -0.1) is 0 Å². The maximum absolute atomic E-state index is 12.5. The molecule has 132 valence electrons. The summed E-state index contributed by atoms with van der Waals surface area (Å²) in [6.45, 7) is 9.23. The molecule has 1 aliphatic carbocycles. The third-order valence-electron chi connectivity index (χ3n) is 4.75. The molecule has 2 fully saturated rings. The van der Waals surface area contributed by atoms with Crippen molar-refractivity contribution in [2.75, 3.05) is 19.8 Å². The van der Waals surface area contributed by atoms with Gasteiger partial charge in [-0.2, -0.15) is 0 Å². The predicted octanol–water partition coefficient (Wildman–Crippen LogP) is 3.41. The van der Waals surface area contributed by atoms with Crippen molar-refractivity contribution >= 4 is 11.9 Å². The van der Waals surface area contributed by atoms with Crippen LogP contribution in [-0.2, 0) is 14.3 Å². The van der Waals surface area contributed by atoms with Crippen LogP contribution in [0.4, 0.5) is 4.79 Å². The van der Waals surface area contributed by atoms with Crippen LogP contribution in [0, 0.1) is 11.8 Å². The first-order valence-electron chi connectivity index (χ1n) is 8.92. The molecule has 0 bridgehead atoms. The summed E-state index contributed by atoms with van der Waals surface area (Å²) < 4.78 is 11.1. The number of amides is 1. The molecule has 1 saturated carbocycles. The second-order valence-electron chi connectivity index (χ2n) is 7.82. The topological polar surface area (TPSA) is 55.8 Å². The average molecular weight is 325 g/mol. The van der Waals surface area contributed by atoms with Crippen LogP contribution in [-0.4, -0.2) is 48.2 Å². The minimum atomic E-state index is -0.527. The van der Waals surface area contributed by atoms with E-state index in [4.69, 9.17) is 9.47 Å². The Balaban J connectivity index is 2.10. The summed E-state index contributed by atoms with van der Waals surface area (Å²) >= 11 is 0. The van der Waals surface area contributed by atoms with E-state index in [0.717, 1.165) is 25.7 Å². The highest BCUT2D eigenvalue weighted by molar-refractivity contribution is 5.83. The maximum atomic E-state index is 12.5. The Kier molecular flexibility index (Phi) is 6.06. The number of Topliss-reactive ketones (excluding diaryl/α,β-unsaturated/α-hetero) is 1. The van der Waals surface area contributed by atoms with E-state index in [2.05, 4.69) is 6.92 Å². The van der Waals surface area contributed by atoms with E-state index < -0.39 is 5.60 Å². The van der Waals surface area contributed by atoms with Crippen LogP contribution < -0.4 is 0 Å². The summed E-state index contributed by atoms with van der Waals surface area (Å²) in [5, 5.41) is 0. The number of ether oxygens (including phenoxy) is 2. The van der Waals surface area contributed by atoms with Gasteiger partial charge in [0, 0.05) is 18.9 Å². The molecule has 2 aliphatic rings. The molecule has 0 N–H and O–H groups in total. The molecule has 0 aromatic rings. The summed E-state index contributed by atoms with van der Waals surface area (Å²) in [4.78, 5) is 26.7. The SMILES string of the molecule is CCCC1CCC(=O)C(C2COCCN2C(=O)OC(C)(C)C)C1. The van der Waals surface area contributed by atoms with Crippen LogP contribution in [0.3, 0.4) is 0 Å². The Morgan fingerprint density at radius 1 is 1.39 bits per heavy atom. The lowest BCUT2D eigenvalue weighted by molar-refractivity contribution is -0.131. The second-order valence-corrected chi connectivity index (χ2v) is 7.82. The van der Waals surface area contributed by atoms with Gasteiger partial charge < -0.3 is 9.47 Å². The van der Waals surface area contributed by atoms with Gasteiger partial charge >= 0.3 is 6.09 Å². The van der Waals surface area contributed by atoms with Crippen LogP contribution in [0.1, 0.15) is 59.8 Å². The fourth-order valence-corrected chi connectivity index (χ4v) is 3.69. The lowest BCUT2D eigenvalue weighted by atomic mass is 9.75. The van der Waals surface area contributed by atoms with Gasteiger partial charge in [0.2, 0.25) is 0 Å². The van der Waals surface area contributed by atoms with E-state index >= 15 is 0 Å². The van der Waals surface area contributed by atoms with Crippen LogP contribution in [0.2, 0.25) is 0 Å². The zero-order valence-corrected chi connectivity index (χ0v) is 15.0. The van der Waals surface area contributed by atoms with Crippen molar-refractivity contribution in [2.24, 2.45) is 11.8 Å². The van der Waals surface area contributed by atoms with E-state index in [1.165, 1.54) is 0 Å². The molecule has 1 amide bonds. The summed E-state index contributed by atoms with van der Waals surface area (Å²) in [7, 11) is 0. The van der Waals surface area contributed by atoms with E-state index in [9.17, 15) is 9.59 Å². The minimum absolute atomic E-state index is 0.104. The van der Waals surface area contributed by atoms with Gasteiger partial charge in [0.25, 0.3) is 0 Å². The number of hydrogen-bond donors (Lipinski definition) is 0. The molecule has 0 spiro atoms.